The number of halogens is 2. The van der Waals surface area contributed by atoms with Crippen LogP contribution < -0.4 is 5.32 Å². The number of aryl methyl sites for hydroxylation is 1. The maximum Gasteiger partial charge on any atom is 0.306 e. The molecule has 1 amide bonds. The third-order valence-electron chi connectivity index (χ3n) is 3.84. The van der Waals surface area contributed by atoms with Gasteiger partial charge in [-0.1, -0.05) is 18.2 Å². The lowest BCUT2D eigenvalue weighted by Gasteiger charge is -2.07. The molecular formula is C20H17F2N3O3. The van der Waals surface area contributed by atoms with Crippen LogP contribution in [0.25, 0.3) is 5.69 Å². The van der Waals surface area contributed by atoms with Gasteiger partial charge < -0.3 is 10.1 Å². The number of carbonyl (C=O) groups excluding carboxylic acids is 2. The summed E-state index contributed by atoms with van der Waals surface area (Å²) < 4.78 is 33.1. The van der Waals surface area contributed by atoms with E-state index in [-0.39, 0.29) is 12.1 Å². The van der Waals surface area contributed by atoms with Crippen molar-refractivity contribution in [1.82, 2.24) is 9.78 Å². The van der Waals surface area contributed by atoms with Crippen molar-refractivity contribution in [3.05, 3.63) is 78.1 Å². The van der Waals surface area contributed by atoms with Crippen molar-refractivity contribution in [2.45, 2.75) is 12.8 Å². The highest BCUT2D eigenvalue weighted by Crippen LogP contribution is 2.15. The summed E-state index contributed by atoms with van der Waals surface area (Å²) in [5.74, 6) is -2.81. The number of carbonyl (C=O) groups is 2. The van der Waals surface area contributed by atoms with Crippen LogP contribution in [0.5, 0.6) is 0 Å². The van der Waals surface area contributed by atoms with Crippen LogP contribution in [0.2, 0.25) is 0 Å². The average molecular weight is 385 g/mol. The van der Waals surface area contributed by atoms with Crippen LogP contribution >= 0.6 is 0 Å². The van der Waals surface area contributed by atoms with Crippen LogP contribution in [-0.2, 0) is 20.7 Å². The third kappa shape index (κ3) is 5.23. The highest BCUT2D eigenvalue weighted by atomic mass is 19.1. The first-order chi connectivity index (χ1) is 13.5. The van der Waals surface area contributed by atoms with Crippen molar-refractivity contribution in [3.63, 3.8) is 0 Å². The number of nitrogens with one attached hydrogen (secondary N) is 1. The van der Waals surface area contributed by atoms with Gasteiger partial charge in [0, 0.05) is 18.7 Å². The fourth-order valence-corrected chi connectivity index (χ4v) is 2.46. The van der Waals surface area contributed by atoms with Crippen LogP contribution in [-0.4, -0.2) is 28.3 Å². The van der Waals surface area contributed by atoms with Gasteiger partial charge in [0.15, 0.2) is 6.61 Å². The molecule has 3 rings (SSSR count). The molecule has 0 atom stereocenters. The van der Waals surface area contributed by atoms with E-state index in [1.165, 1.54) is 0 Å². The van der Waals surface area contributed by atoms with E-state index in [1.807, 2.05) is 36.5 Å². The van der Waals surface area contributed by atoms with E-state index >= 15 is 0 Å². The van der Waals surface area contributed by atoms with E-state index < -0.39 is 30.1 Å². The summed E-state index contributed by atoms with van der Waals surface area (Å²) in [6.45, 7) is -0.585. The fraction of sp³-hybridized carbons (Fsp3) is 0.150. The van der Waals surface area contributed by atoms with Crippen molar-refractivity contribution in [2.24, 2.45) is 0 Å². The molecule has 0 radical (unpaired) electrons. The monoisotopic (exact) mass is 385 g/mol. The smallest absolute Gasteiger partial charge is 0.306 e. The molecule has 0 aliphatic carbocycles. The number of amides is 1. The van der Waals surface area contributed by atoms with Crippen LogP contribution in [0, 0.1) is 11.6 Å². The number of para-hydroxylation sites is 1. The second-order valence-electron chi connectivity index (χ2n) is 5.96. The van der Waals surface area contributed by atoms with Crippen molar-refractivity contribution in [3.8, 4) is 5.69 Å². The van der Waals surface area contributed by atoms with E-state index in [0.717, 1.165) is 29.4 Å². The molecule has 1 N–H and O–H groups in total. The molecule has 28 heavy (non-hydrogen) atoms. The standard InChI is InChI=1S/C20H17F2N3O3/c21-15-7-8-17(22)18(10-15)24-19(26)13-28-20(27)9-6-14-11-23-25(12-14)16-4-2-1-3-5-16/h1-5,7-8,10-12H,6,9,13H2,(H,24,26). The quantitative estimate of drug-likeness (QED) is 0.634. The van der Waals surface area contributed by atoms with Gasteiger partial charge in [0.2, 0.25) is 0 Å². The van der Waals surface area contributed by atoms with E-state index in [0.29, 0.717) is 6.42 Å². The molecule has 144 valence electrons. The van der Waals surface area contributed by atoms with E-state index in [9.17, 15) is 18.4 Å². The first-order valence-corrected chi connectivity index (χ1v) is 8.51. The van der Waals surface area contributed by atoms with Gasteiger partial charge in [-0.25, -0.2) is 13.5 Å². The van der Waals surface area contributed by atoms with E-state index in [4.69, 9.17) is 4.74 Å². The number of hydrogen-bond acceptors (Lipinski definition) is 4. The minimum Gasteiger partial charge on any atom is -0.456 e. The Morgan fingerprint density at radius 2 is 1.89 bits per heavy atom. The zero-order chi connectivity index (χ0) is 19.9. The summed E-state index contributed by atoms with van der Waals surface area (Å²) in [7, 11) is 0. The van der Waals surface area contributed by atoms with E-state index in [2.05, 4.69) is 10.4 Å². The van der Waals surface area contributed by atoms with Gasteiger partial charge in [-0.2, -0.15) is 5.10 Å². The maximum absolute atomic E-state index is 13.5. The van der Waals surface area contributed by atoms with Crippen LogP contribution in [0.1, 0.15) is 12.0 Å². The Kier molecular flexibility index (Phi) is 6.11. The highest BCUT2D eigenvalue weighted by molar-refractivity contribution is 5.92. The summed E-state index contributed by atoms with van der Waals surface area (Å²) >= 11 is 0. The summed E-state index contributed by atoms with van der Waals surface area (Å²) in [4.78, 5) is 23.5. The first kappa shape index (κ1) is 19.2. The number of benzene rings is 2. The maximum atomic E-state index is 13.5. The van der Waals surface area contributed by atoms with Crippen molar-refractivity contribution < 1.29 is 23.1 Å². The molecule has 1 aromatic heterocycles. The number of anilines is 1. The normalized spacial score (nSPS) is 10.5. The van der Waals surface area contributed by atoms with Crippen molar-refractivity contribution in [2.75, 3.05) is 11.9 Å². The van der Waals surface area contributed by atoms with Gasteiger partial charge in [0.05, 0.1) is 17.6 Å². The molecule has 8 heteroatoms. The molecule has 6 nitrogen and oxygen atoms in total. The molecule has 1 heterocycles. The van der Waals surface area contributed by atoms with Gasteiger partial charge in [0.25, 0.3) is 5.91 Å². The number of rotatable bonds is 7. The van der Waals surface area contributed by atoms with Gasteiger partial charge in [-0.05, 0) is 36.2 Å². The predicted octanol–water partition coefficient (Wildman–Crippen LogP) is 3.27. The zero-order valence-electron chi connectivity index (χ0n) is 14.8. The SMILES string of the molecule is O=C(COC(=O)CCc1cnn(-c2ccccc2)c1)Nc1cc(F)ccc1F. The second-order valence-corrected chi connectivity index (χ2v) is 5.96. The molecule has 2 aromatic carbocycles. The van der Waals surface area contributed by atoms with Crippen molar-refractivity contribution >= 4 is 17.6 Å². The number of ether oxygens (including phenoxy) is 1. The predicted molar refractivity (Wildman–Crippen MR) is 97.8 cm³/mol. The molecule has 0 saturated heterocycles. The largest absolute Gasteiger partial charge is 0.456 e. The van der Waals surface area contributed by atoms with Gasteiger partial charge in [0.1, 0.15) is 11.6 Å². The zero-order valence-corrected chi connectivity index (χ0v) is 14.8. The molecule has 0 bridgehead atoms. The van der Waals surface area contributed by atoms with Gasteiger partial charge >= 0.3 is 5.97 Å². The lowest BCUT2D eigenvalue weighted by Crippen LogP contribution is -2.21. The molecule has 0 unspecified atom stereocenters. The van der Waals surface area contributed by atoms with Crippen LogP contribution in [0.3, 0.4) is 0 Å². The third-order valence-corrected chi connectivity index (χ3v) is 3.84. The Hall–Kier alpha value is -3.55. The Morgan fingerprint density at radius 3 is 2.68 bits per heavy atom. The molecule has 0 spiro atoms. The molecule has 3 aromatic rings. The number of aromatic nitrogens is 2. The number of nitrogens with zero attached hydrogens (tertiary/aromatic N) is 2. The van der Waals surface area contributed by atoms with Gasteiger partial charge in [-0.15, -0.1) is 0 Å². The summed E-state index contributed by atoms with van der Waals surface area (Å²) in [6.07, 6.45) is 3.91. The van der Waals surface area contributed by atoms with Crippen LogP contribution in [0.4, 0.5) is 14.5 Å². The molecule has 0 aliphatic rings. The topological polar surface area (TPSA) is 73.2 Å². The van der Waals surface area contributed by atoms with E-state index in [1.54, 1.807) is 10.9 Å². The number of esters is 1. The minimum absolute atomic E-state index is 0.0576. The van der Waals surface area contributed by atoms with Crippen LogP contribution in [0.15, 0.2) is 60.9 Å². The lowest BCUT2D eigenvalue weighted by atomic mass is 10.2. The Bertz CT molecular complexity index is 974. The molecule has 0 aliphatic heterocycles. The number of hydrogen-bond donors (Lipinski definition) is 1. The highest BCUT2D eigenvalue weighted by Gasteiger charge is 2.12. The Balaban J connectivity index is 1.44. The van der Waals surface area contributed by atoms with Crippen molar-refractivity contribution in [1.29, 1.82) is 0 Å². The minimum atomic E-state index is -0.781. The lowest BCUT2D eigenvalue weighted by molar-refractivity contribution is -0.147. The molecule has 0 fully saturated rings. The average Bonchev–Trinajstić information content (AvgIpc) is 3.17. The van der Waals surface area contributed by atoms with Gasteiger partial charge in [-0.3, -0.25) is 9.59 Å². The second kappa shape index (κ2) is 8.90. The molecule has 0 saturated carbocycles. The summed E-state index contributed by atoms with van der Waals surface area (Å²) in [5, 5.41) is 6.39. The first-order valence-electron chi connectivity index (χ1n) is 8.51. The summed E-state index contributed by atoms with van der Waals surface area (Å²) in [6, 6.07) is 12.2. The molecular weight excluding hydrogens is 368 g/mol. The fourth-order valence-electron chi connectivity index (χ4n) is 2.46. The Labute approximate surface area is 159 Å². The summed E-state index contributed by atoms with van der Waals surface area (Å²) in [5.41, 5.74) is 1.43. The Morgan fingerprint density at radius 1 is 1.11 bits per heavy atom.